The molecule has 0 bridgehead atoms. The van der Waals surface area contributed by atoms with Crippen molar-refractivity contribution in [2.45, 2.75) is 45.2 Å². The molecule has 5 nitrogen and oxygen atoms in total. The summed E-state index contributed by atoms with van der Waals surface area (Å²) in [7, 11) is 3.39. The van der Waals surface area contributed by atoms with Gasteiger partial charge < -0.3 is 19.4 Å². The van der Waals surface area contributed by atoms with Crippen molar-refractivity contribution in [2.75, 3.05) is 34.0 Å². The molecule has 22 heavy (non-hydrogen) atoms. The fraction of sp³-hybridized carbons (Fsp3) is 0.706. The zero-order valence-corrected chi connectivity index (χ0v) is 13.8. The van der Waals surface area contributed by atoms with Gasteiger partial charge in [0.05, 0.1) is 6.61 Å². The Bertz CT molecular complexity index is 525. The number of hydrogen-bond acceptors (Lipinski definition) is 4. The SMILES string of the molecule is COCCCn1c2c(cc(CNCCOC)c1=O)CCCC2. The maximum Gasteiger partial charge on any atom is 0.255 e. The van der Waals surface area contributed by atoms with E-state index in [0.717, 1.165) is 37.9 Å². The number of hydrogen-bond donors (Lipinski definition) is 1. The summed E-state index contributed by atoms with van der Waals surface area (Å²) >= 11 is 0. The van der Waals surface area contributed by atoms with Crippen molar-refractivity contribution in [1.29, 1.82) is 0 Å². The van der Waals surface area contributed by atoms with Crippen molar-refractivity contribution in [1.82, 2.24) is 9.88 Å². The predicted molar refractivity (Wildman–Crippen MR) is 87.4 cm³/mol. The third-order valence-electron chi connectivity index (χ3n) is 4.20. The number of fused-ring (bicyclic) bond motifs is 1. The molecular weight excluding hydrogens is 280 g/mol. The minimum atomic E-state index is 0.154. The highest BCUT2D eigenvalue weighted by Crippen LogP contribution is 2.21. The molecule has 0 unspecified atom stereocenters. The Balaban J connectivity index is 2.18. The van der Waals surface area contributed by atoms with Gasteiger partial charge in [0.2, 0.25) is 0 Å². The highest BCUT2D eigenvalue weighted by atomic mass is 16.5. The monoisotopic (exact) mass is 308 g/mol. The van der Waals surface area contributed by atoms with Gasteiger partial charge in [0, 0.05) is 51.7 Å². The maximum atomic E-state index is 12.7. The zero-order valence-electron chi connectivity index (χ0n) is 13.8. The molecule has 0 aromatic carbocycles. The molecule has 0 amide bonds. The van der Waals surface area contributed by atoms with Gasteiger partial charge in [-0.25, -0.2) is 0 Å². The summed E-state index contributed by atoms with van der Waals surface area (Å²) in [4.78, 5) is 12.7. The molecule has 0 saturated heterocycles. The molecule has 0 radical (unpaired) electrons. The number of nitrogens with one attached hydrogen (secondary N) is 1. The Labute approximate surface area is 132 Å². The number of aromatic nitrogens is 1. The average Bonchev–Trinajstić information content (AvgIpc) is 2.54. The second kappa shape index (κ2) is 9.08. The molecule has 1 heterocycles. The Hall–Kier alpha value is -1.17. The molecule has 1 aliphatic rings. The van der Waals surface area contributed by atoms with Crippen LogP contribution in [0.1, 0.15) is 36.1 Å². The quantitative estimate of drug-likeness (QED) is 0.703. The van der Waals surface area contributed by atoms with E-state index in [1.807, 2.05) is 4.57 Å². The van der Waals surface area contributed by atoms with Crippen LogP contribution in [0, 0.1) is 0 Å². The maximum absolute atomic E-state index is 12.7. The van der Waals surface area contributed by atoms with Gasteiger partial charge in [0.25, 0.3) is 5.56 Å². The molecular formula is C17H28N2O3. The van der Waals surface area contributed by atoms with Crippen molar-refractivity contribution in [3.05, 3.63) is 33.2 Å². The smallest absolute Gasteiger partial charge is 0.255 e. The first-order valence-electron chi connectivity index (χ1n) is 8.21. The lowest BCUT2D eigenvalue weighted by molar-refractivity contribution is 0.189. The van der Waals surface area contributed by atoms with Crippen LogP contribution in [-0.2, 0) is 35.4 Å². The van der Waals surface area contributed by atoms with Crippen LogP contribution in [0.4, 0.5) is 0 Å². The first-order chi connectivity index (χ1) is 10.8. The van der Waals surface area contributed by atoms with Gasteiger partial charge in [-0.15, -0.1) is 0 Å². The van der Waals surface area contributed by atoms with Crippen molar-refractivity contribution in [2.24, 2.45) is 0 Å². The van der Waals surface area contributed by atoms with Gasteiger partial charge in [0.15, 0.2) is 0 Å². The van der Waals surface area contributed by atoms with Gasteiger partial charge >= 0.3 is 0 Å². The molecule has 0 spiro atoms. The Morgan fingerprint density at radius 2 is 1.95 bits per heavy atom. The van der Waals surface area contributed by atoms with E-state index < -0.39 is 0 Å². The van der Waals surface area contributed by atoms with E-state index in [-0.39, 0.29) is 5.56 Å². The second-order valence-electron chi connectivity index (χ2n) is 5.82. The summed E-state index contributed by atoms with van der Waals surface area (Å²) in [6.45, 7) is 3.47. The number of methoxy groups -OCH3 is 2. The highest BCUT2D eigenvalue weighted by Gasteiger charge is 2.17. The molecule has 124 valence electrons. The van der Waals surface area contributed by atoms with E-state index in [2.05, 4.69) is 11.4 Å². The predicted octanol–water partition coefficient (Wildman–Crippen LogP) is 1.50. The standard InChI is InChI=1S/C17H28N2O3/c1-21-10-5-9-19-16-7-4-3-6-14(16)12-15(17(19)20)13-18-8-11-22-2/h12,18H,3-11,13H2,1-2H3. The van der Waals surface area contributed by atoms with Crippen molar-refractivity contribution < 1.29 is 9.47 Å². The molecule has 1 aliphatic carbocycles. The summed E-state index contributed by atoms with van der Waals surface area (Å²) in [6, 6.07) is 2.11. The number of ether oxygens (including phenoxy) is 2. The Morgan fingerprint density at radius 1 is 1.18 bits per heavy atom. The first-order valence-corrected chi connectivity index (χ1v) is 8.21. The summed E-state index contributed by atoms with van der Waals surface area (Å²) in [5.41, 5.74) is 3.62. The molecule has 2 rings (SSSR count). The van der Waals surface area contributed by atoms with Crippen LogP contribution in [-0.4, -0.2) is 38.5 Å². The summed E-state index contributed by atoms with van der Waals surface area (Å²) in [6.07, 6.45) is 5.39. The number of nitrogens with zero attached hydrogens (tertiary/aromatic N) is 1. The fourth-order valence-corrected chi connectivity index (χ4v) is 3.07. The third-order valence-corrected chi connectivity index (χ3v) is 4.20. The van der Waals surface area contributed by atoms with Crippen molar-refractivity contribution >= 4 is 0 Å². The normalized spacial score (nSPS) is 14.1. The minimum absolute atomic E-state index is 0.154. The summed E-state index contributed by atoms with van der Waals surface area (Å²) < 4.78 is 12.1. The number of rotatable bonds is 9. The molecule has 0 fully saturated rings. The van der Waals surface area contributed by atoms with Crippen LogP contribution in [0.15, 0.2) is 10.9 Å². The van der Waals surface area contributed by atoms with Crippen LogP contribution >= 0.6 is 0 Å². The lowest BCUT2D eigenvalue weighted by Crippen LogP contribution is -2.32. The van der Waals surface area contributed by atoms with Crippen LogP contribution in [0.25, 0.3) is 0 Å². The van der Waals surface area contributed by atoms with Crippen molar-refractivity contribution in [3.8, 4) is 0 Å². The Kier molecular flexibility index (Phi) is 7.09. The van der Waals surface area contributed by atoms with Gasteiger partial charge in [-0.3, -0.25) is 4.79 Å². The van der Waals surface area contributed by atoms with Crippen LogP contribution in [0.5, 0.6) is 0 Å². The van der Waals surface area contributed by atoms with Crippen molar-refractivity contribution in [3.63, 3.8) is 0 Å². The lowest BCUT2D eigenvalue weighted by Gasteiger charge is -2.22. The van der Waals surface area contributed by atoms with E-state index in [1.165, 1.54) is 24.1 Å². The average molecular weight is 308 g/mol. The highest BCUT2D eigenvalue weighted by molar-refractivity contribution is 5.29. The first kappa shape index (κ1) is 17.2. The topological polar surface area (TPSA) is 52.5 Å². The lowest BCUT2D eigenvalue weighted by atomic mass is 9.94. The molecule has 0 atom stereocenters. The van der Waals surface area contributed by atoms with Crippen LogP contribution in [0.2, 0.25) is 0 Å². The largest absolute Gasteiger partial charge is 0.385 e. The van der Waals surface area contributed by atoms with E-state index >= 15 is 0 Å². The van der Waals surface area contributed by atoms with Crippen LogP contribution < -0.4 is 10.9 Å². The number of aryl methyl sites for hydroxylation is 1. The van der Waals surface area contributed by atoms with Crippen LogP contribution in [0.3, 0.4) is 0 Å². The molecule has 5 heteroatoms. The van der Waals surface area contributed by atoms with E-state index in [9.17, 15) is 4.79 Å². The third kappa shape index (κ3) is 4.41. The minimum Gasteiger partial charge on any atom is -0.385 e. The second-order valence-corrected chi connectivity index (χ2v) is 5.82. The Morgan fingerprint density at radius 3 is 2.73 bits per heavy atom. The van der Waals surface area contributed by atoms with E-state index in [1.54, 1.807) is 14.2 Å². The molecule has 0 aliphatic heterocycles. The van der Waals surface area contributed by atoms with Gasteiger partial charge in [-0.05, 0) is 43.7 Å². The summed E-state index contributed by atoms with van der Waals surface area (Å²) in [5.74, 6) is 0. The van der Waals surface area contributed by atoms with Gasteiger partial charge in [-0.1, -0.05) is 0 Å². The van der Waals surface area contributed by atoms with Gasteiger partial charge in [-0.2, -0.15) is 0 Å². The van der Waals surface area contributed by atoms with E-state index in [4.69, 9.17) is 9.47 Å². The molecule has 0 saturated carbocycles. The van der Waals surface area contributed by atoms with Gasteiger partial charge in [0.1, 0.15) is 0 Å². The number of pyridine rings is 1. The molecule has 1 aromatic rings. The fourth-order valence-electron chi connectivity index (χ4n) is 3.07. The molecule has 1 aromatic heterocycles. The zero-order chi connectivity index (χ0) is 15.8. The van der Waals surface area contributed by atoms with E-state index in [0.29, 0.717) is 19.8 Å². The summed E-state index contributed by atoms with van der Waals surface area (Å²) in [5, 5.41) is 3.28. The molecule has 1 N–H and O–H groups in total.